The molecule has 0 spiro atoms. The third-order valence-corrected chi connectivity index (χ3v) is 5.14. The van der Waals surface area contributed by atoms with Gasteiger partial charge in [0.05, 0.1) is 18.8 Å². The third-order valence-electron chi connectivity index (χ3n) is 3.96. The molecule has 0 amide bonds. The van der Waals surface area contributed by atoms with Crippen LogP contribution in [0.2, 0.25) is 0 Å². The van der Waals surface area contributed by atoms with Gasteiger partial charge in [-0.25, -0.2) is 9.78 Å². The van der Waals surface area contributed by atoms with Crippen molar-refractivity contribution in [2.45, 2.75) is 13.5 Å². The van der Waals surface area contributed by atoms with Gasteiger partial charge in [0.15, 0.2) is 0 Å². The van der Waals surface area contributed by atoms with Crippen LogP contribution in [-0.4, -0.2) is 41.8 Å². The molecule has 0 atom stereocenters. The Hall–Kier alpha value is -3.20. The highest BCUT2D eigenvalue weighted by Crippen LogP contribution is 2.27. The summed E-state index contributed by atoms with van der Waals surface area (Å²) in [6.45, 7) is 1.69. The van der Waals surface area contributed by atoms with E-state index in [1.807, 2.05) is 30.3 Å². The minimum Gasteiger partial charge on any atom is -0.490 e. The second-order valence-electron chi connectivity index (χ2n) is 5.79. The molecule has 3 aromatic rings. The van der Waals surface area contributed by atoms with Crippen LogP contribution < -0.4 is 10.3 Å². The number of para-hydroxylation sites is 1. The summed E-state index contributed by atoms with van der Waals surface area (Å²) < 4.78 is 16.5. The number of hydrogen-bond donors (Lipinski definition) is 0. The number of carbonyl (C=O) groups excluding carboxylic acids is 2. The molecule has 3 rings (SSSR count). The summed E-state index contributed by atoms with van der Waals surface area (Å²) >= 11 is 1.08. The molecule has 28 heavy (non-hydrogen) atoms. The Morgan fingerprint density at radius 1 is 1.18 bits per heavy atom. The molecule has 146 valence electrons. The highest BCUT2D eigenvalue weighted by Gasteiger charge is 2.21. The predicted molar refractivity (Wildman–Crippen MR) is 103 cm³/mol. The van der Waals surface area contributed by atoms with Crippen LogP contribution in [0.1, 0.15) is 15.2 Å². The Labute approximate surface area is 164 Å². The molecule has 0 bridgehead atoms. The second kappa shape index (κ2) is 8.66. The smallest absolute Gasteiger partial charge is 0.348 e. The van der Waals surface area contributed by atoms with E-state index in [1.54, 1.807) is 6.92 Å². The highest BCUT2D eigenvalue weighted by atomic mass is 32.1. The quantitative estimate of drug-likeness (QED) is 0.441. The Balaban J connectivity index is 1.71. The number of fused-ring (bicyclic) bond motifs is 1. The molecule has 1 aromatic carbocycles. The Bertz CT molecular complexity index is 1060. The standard InChI is InChI=1S/C19H18N2O6S/c1-12-15-17(20-11-21(18(15)23)10-14(22)25-2)28-16(12)19(24)27-9-8-26-13-6-4-3-5-7-13/h3-7,11H,8-10H2,1-2H3. The van der Waals surface area contributed by atoms with Crippen LogP contribution in [0, 0.1) is 6.92 Å². The molecular weight excluding hydrogens is 384 g/mol. The molecule has 2 heterocycles. The van der Waals surface area contributed by atoms with E-state index in [0.29, 0.717) is 26.4 Å². The van der Waals surface area contributed by atoms with Gasteiger partial charge in [-0.15, -0.1) is 11.3 Å². The third kappa shape index (κ3) is 4.20. The molecule has 0 saturated carbocycles. The van der Waals surface area contributed by atoms with Crippen molar-refractivity contribution < 1.29 is 23.8 Å². The fraction of sp³-hybridized carbons (Fsp3) is 0.263. The normalized spacial score (nSPS) is 10.6. The Kier molecular flexibility index (Phi) is 6.05. The van der Waals surface area contributed by atoms with Gasteiger partial charge in [0, 0.05) is 0 Å². The first kappa shape index (κ1) is 19.6. The van der Waals surface area contributed by atoms with Gasteiger partial charge in [0.25, 0.3) is 5.56 Å². The SMILES string of the molecule is COC(=O)Cn1cnc2sc(C(=O)OCCOc3ccccc3)c(C)c2c1=O. The lowest BCUT2D eigenvalue weighted by atomic mass is 10.2. The van der Waals surface area contributed by atoms with Crippen molar-refractivity contribution >= 4 is 33.5 Å². The summed E-state index contributed by atoms with van der Waals surface area (Å²) in [5, 5.41) is 0.295. The number of aromatic nitrogens is 2. The number of ether oxygens (including phenoxy) is 3. The number of thiophene rings is 1. The summed E-state index contributed by atoms with van der Waals surface area (Å²) in [5.74, 6) is -0.419. The molecule has 0 aliphatic heterocycles. The number of benzene rings is 1. The van der Waals surface area contributed by atoms with Gasteiger partial charge < -0.3 is 14.2 Å². The van der Waals surface area contributed by atoms with Crippen molar-refractivity contribution in [1.29, 1.82) is 0 Å². The van der Waals surface area contributed by atoms with Crippen LogP contribution in [0.3, 0.4) is 0 Å². The lowest BCUT2D eigenvalue weighted by Gasteiger charge is -2.06. The molecule has 0 aliphatic carbocycles. The van der Waals surface area contributed by atoms with E-state index in [9.17, 15) is 14.4 Å². The average Bonchev–Trinajstić information content (AvgIpc) is 3.05. The number of nitrogens with zero attached hydrogens (tertiary/aromatic N) is 2. The van der Waals surface area contributed by atoms with Crippen molar-refractivity contribution in [2.24, 2.45) is 0 Å². The first-order valence-electron chi connectivity index (χ1n) is 8.41. The lowest BCUT2D eigenvalue weighted by molar-refractivity contribution is -0.141. The summed E-state index contributed by atoms with van der Waals surface area (Å²) in [6, 6.07) is 9.19. The summed E-state index contributed by atoms with van der Waals surface area (Å²) in [5.41, 5.74) is 0.0707. The lowest BCUT2D eigenvalue weighted by Crippen LogP contribution is -2.25. The molecular formula is C19H18N2O6S. The van der Waals surface area contributed by atoms with Gasteiger partial charge in [-0.2, -0.15) is 0 Å². The van der Waals surface area contributed by atoms with E-state index >= 15 is 0 Å². The van der Waals surface area contributed by atoms with Crippen molar-refractivity contribution in [3.05, 3.63) is 57.5 Å². The van der Waals surface area contributed by atoms with Crippen molar-refractivity contribution in [1.82, 2.24) is 9.55 Å². The fourth-order valence-electron chi connectivity index (χ4n) is 2.55. The van der Waals surface area contributed by atoms with Crippen molar-refractivity contribution in [2.75, 3.05) is 20.3 Å². The van der Waals surface area contributed by atoms with Crippen LogP contribution in [0.15, 0.2) is 41.5 Å². The number of rotatable bonds is 7. The van der Waals surface area contributed by atoms with Crippen LogP contribution in [0.25, 0.3) is 10.2 Å². The molecule has 0 fully saturated rings. The molecule has 2 aromatic heterocycles. The zero-order chi connectivity index (χ0) is 20.1. The van der Waals surface area contributed by atoms with E-state index in [4.69, 9.17) is 9.47 Å². The number of esters is 2. The maximum Gasteiger partial charge on any atom is 0.348 e. The number of hydrogen-bond acceptors (Lipinski definition) is 8. The minimum atomic E-state index is -0.561. The fourth-order valence-corrected chi connectivity index (χ4v) is 3.58. The first-order valence-corrected chi connectivity index (χ1v) is 9.23. The van der Waals surface area contributed by atoms with Crippen molar-refractivity contribution in [3.63, 3.8) is 0 Å². The zero-order valence-electron chi connectivity index (χ0n) is 15.3. The van der Waals surface area contributed by atoms with Gasteiger partial charge in [-0.05, 0) is 24.6 Å². The van der Waals surface area contributed by atoms with Gasteiger partial charge in [-0.1, -0.05) is 18.2 Å². The first-order chi connectivity index (χ1) is 13.5. The minimum absolute atomic E-state index is 0.0708. The number of aryl methyl sites for hydroxylation is 1. The van der Waals surface area contributed by atoms with Crippen molar-refractivity contribution in [3.8, 4) is 5.75 Å². The molecule has 0 saturated heterocycles. The Morgan fingerprint density at radius 3 is 2.64 bits per heavy atom. The van der Waals surface area contributed by atoms with Gasteiger partial charge in [-0.3, -0.25) is 14.2 Å². The van der Waals surface area contributed by atoms with E-state index in [1.165, 1.54) is 13.4 Å². The van der Waals surface area contributed by atoms with E-state index in [2.05, 4.69) is 9.72 Å². The molecule has 0 N–H and O–H groups in total. The highest BCUT2D eigenvalue weighted by molar-refractivity contribution is 7.20. The zero-order valence-corrected chi connectivity index (χ0v) is 16.2. The maximum absolute atomic E-state index is 12.6. The number of methoxy groups -OCH3 is 1. The summed E-state index contributed by atoms with van der Waals surface area (Å²) in [7, 11) is 1.24. The molecule has 0 unspecified atom stereocenters. The van der Waals surface area contributed by atoms with Crippen LogP contribution in [-0.2, 0) is 20.8 Å². The topological polar surface area (TPSA) is 96.7 Å². The summed E-state index contributed by atoms with van der Waals surface area (Å²) in [4.78, 5) is 41.3. The van der Waals surface area contributed by atoms with Crippen LogP contribution in [0.5, 0.6) is 5.75 Å². The van der Waals surface area contributed by atoms with Crippen LogP contribution in [0.4, 0.5) is 0 Å². The molecule has 0 aliphatic rings. The molecule has 9 heteroatoms. The average molecular weight is 402 g/mol. The van der Waals surface area contributed by atoms with E-state index < -0.39 is 17.5 Å². The van der Waals surface area contributed by atoms with Gasteiger partial charge in [0.1, 0.15) is 35.2 Å². The maximum atomic E-state index is 12.6. The number of carbonyl (C=O) groups is 2. The second-order valence-corrected chi connectivity index (χ2v) is 6.79. The summed E-state index contributed by atoms with van der Waals surface area (Å²) in [6.07, 6.45) is 1.26. The van der Waals surface area contributed by atoms with Crippen LogP contribution >= 0.6 is 11.3 Å². The monoisotopic (exact) mass is 402 g/mol. The van der Waals surface area contributed by atoms with Gasteiger partial charge >= 0.3 is 11.9 Å². The Morgan fingerprint density at radius 2 is 1.93 bits per heavy atom. The van der Waals surface area contributed by atoms with Gasteiger partial charge in [0.2, 0.25) is 0 Å². The predicted octanol–water partition coefficient (Wildman–Crippen LogP) is 2.18. The molecule has 8 nitrogen and oxygen atoms in total. The van der Waals surface area contributed by atoms with E-state index in [-0.39, 0.29) is 19.8 Å². The van der Waals surface area contributed by atoms with E-state index in [0.717, 1.165) is 15.9 Å². The molecule has 0 radical (unpaired) electrons. The largest absolute Gasteiger partial charge is 0.490 e.